The first-order valence-electron chi connectivity index (χ1n) is 18.7. The smallest absolute Gasteiger partial charge is 0.351 e. The molecule has 1 unspecified atom stereocenters. The van der Waals surface area contributed by atoms with Crippen molar-refractivity contribution in [3.8, 4) is 11.5 Å². The Bertz CT molecular complexity index is 2470. The van der Waals surface area contributed by atoms with E-state index in [1.54, 1.807) is 62.8 Å². The molecule has 310 valence electrons. The van der Waals surface area contributed by atoms with Gasteiger partial charge in [0.15, 0.2) is 0 Å². The molecule has 0 spiro atoms. The van der Waals surface area contributed by atoms with Gasteiger partial charge in [-0.25, -0.2) is 4.79 Å². The van der Waals surface area contributed by atoms with Crippen molar-refractivity contribution < 1.29 is 33.2 Å². The van der Waals surface area contributed by atoms with Gasteiger partial charge in [0, 0.05) is 34.0 Å². The maximum Gasteiger partial charge on any atom is 0.351 e. The second-order valence-corrected chi connectivity index (χ2v) is 20.6. The summed E-state index contributed by atoms with van der Waals surface area (Å²) in [5.74, 6) is 1.26. The van der Waals surface area contributed by atoms with E-state index in [4.69, 9.17) is 58.5 Å². The number of ether oxygens (including phenoxy) is 4. The number of amides is 1. The SMILES string of the molecule is COc1ccc(C(OC[C@H]2O[C@@H](n3ccc(NC(=O)c4ccccc4)nc3=O)C[C@@H]2OP(O)(=S)SCc2ccc(Cl)cc2Cl)(c2ccccc2)c2ccc(OC)cc2)cc1. The number of rotatable bonds is 16. The summed E-state index contributed by atoms with van der Waals surface area (Å²) in [7, 11) is 3.21. The molecule has 0 aliphatic carbocycles. The summed E-state index contributed by atoms with van der Waals surface area (Å²) in [6.07, 6.45) is -0.996. The highest BCUT2D eigenvalue weighted by molar-refractivity contribution is 8.67. The van der Waals surface area contributed by atoms with E-state index in [-0.39, 0.29) is 24.6 Å². The fourth-order valence-corrected chi connectivity index (χ4v) is 10.8. The van der Waals surface area contributed by atoms with Gasteiger partial charge in [0.1, 0.15) is 35.2 Å². The third-order valence-electron chi connectivity index (χ3n) is 9.90. The topological polar surface area (TPSA) is 130 Å². The first kappa shape index (κ1) is 43.6. The minimum Gasteiger partial charge on any atom is -0.497 e. The molecular weight excluding hydrogens is 865 g/mol. The molecule has 5 aromatic carbocycles. The molecule has 2 heterocycles. The van der Waals surface area contributed by atoms with Gasteiger partial charge in [0.2, 0.25) is 5.69 Å². The van der Waals surface area contributed by atoms with Crippen LogP contribution in [-0.2, 0) is 37.2 Å². The summed E-state index contributed by atoms with van der Waals surface area (Å²) in [6, 6.07) is 40.2. The van der Waals surface area contributed by atoms with Crippen LogP contribution >= 0.6 is 40.3 Å². The lowest BCUT2D eigenvalue weighted by atomic mass is 9.80. The molecule has 60 heavy (non-hydrogen) atoms. The summed E-state index contributed by atoms with van der Waals surface area (Å²) in [5.41, 5.74) is -1.90. The molecule has 11 nitrogen and oxygen atoms in total. The second-order valence-electron chi connectivity index (χ2n) is 13.6. The maximum atomic E-state index is 13.6. The maximum absolute atomic E-state index is 13.6. The van der Waals surface area contributed by atoms with Crippen LogP contribution in [0.5, 0.6) is 11.5 Å². The fraction of sp³-hybridized carbons (Fsp3) is 0.205. The Morgan fingerprint density at radius 1 is 0.900 bits per heavy atom. The number of hydrogen-bond acceptors (Lipinski definition) is 10. The van der Waals surface area contributed by atoms with Crippen LogP contribution in [0.4, 0.5) is 5.82 Å². The Kier molecular flexibility index (Phi) is 14.1. The number of nitrogens with zero attached hydrogens (tertiary/aromatic N) is 2. The number of hydrogen-bond donors (Lipinski definition) is 2. The highest BCUT2D eigenvalue weighted by Gasteiger charge is 2.44. The summed E-state index contributed by atoms with van der Waals surface area (Å²) in [5, 5.41) is 3.59. The highest BCUT2D eigenvalue weighted by Crippen LogP contribution is 2.60. The molecule has 4 atom stereocenters. The lowest BCUT2D eigenvalue weighted by Crippen LogP contribution is -2.38. The molecule has 1 saturated heterocycles. The van der Waals surface area contributed by atoms with Gasteiger partial charge in [-0.1, -0.05) is 113 Å². The van der Waals surface area contributed by atoms with Crippen molar-refractivity contribution in [1.82, 2.24) is 9.55 Å². The fourth-order valence-electron chi connectivity index (χ4n) is 6.88. The molecule has 6 aromatic rings. The minimum absolute atomic E-state index is 0.0746. The van der Waals surface area contributed by atoms with E-state index in [2.05, 4.69) is 10.3 Å². The van der Waals surface area contributed by atoms with Crippen LogP contribution in [0.15, 0.2) is 144 Å². The molecule has 1 amide bonds. The number of carbonyl (C=O) groups excluding carboxylic acids is 1. The van der Waals surface area contributed by atoms with Crippen molar-refractivity contribution in [2.75, 3.05) is 26.1 Å². The first-order chi connectivity index (χ1) is 29.0. The summed E-state index contributed by atoms with van der Waals surface area (Å²) >= 11 is 19.3. The third kappa shape index (κ3) is 10.1. The number of benzene rings is 5. The van der Waals surface area contributed by atoms with E-state index >= 15 is 0 Å². The minimum atomic E-state index is -3.57. The number of aromatic nitrogens is 2. The molecule has 1 aromatic heterocycles. The molecule has 1 aliphatic rings. The molecule has 1 fully saturated rings. The van der Waals surface area contributed by atoms with E-state index in [0.29, 0.717) is 27.1 Å². The molecular formula is C44H40Cl2N3O8PS2. The quantitative estimate of drug-likeness (QED) is 0.0712. The monoisotopic (exact) mass is 903 g/mol. The van der Waals surface area contributed by atoms with Crippen LogP contribution in [0.1, 0.15) is 45.3 Å². The Hall–Kier alpha value is -4.53. The molecule has 0 saturated carbocycles. The Morgan fingerprint density at radius 3 is 2.08 bits per heavy atom. The van der Waals surface area contributed by atoms with Gasteiger partial charge in [0.25, 0.3) is 5.91 Å². The van der Waals surface area contributed by atoms with Gasteiger partial charge < -0.3 is 33.7 Å². The Balaban J connectivity index is 1.22. The van der Waals surface area contributed by atoms with Gasteiger partial charge in [0.05, 0.1) is 26.9 Å². The number of methoxy groups -OCH3 is 2. The van der Waals surface area contributed by atoms with E-state index in [1.165, 1.54) is 16.8 Å². The average molecular weight is 905 g/mol. The molecule has 7 rings (SSSR count). The first-order valence-corrected chi connectivity index (χ1v) is 23.7. The highest BCUT2D eigenvalue weighted by atomic mass is 35.5. The average Bonchev–Trinajstić information content (AvgIpc) is 3.65. The predicted octanol–water partition coefficient (Wildman–Crippen LogP) is 9.65. The van der Waals surface area contributed by atoms with Crippen LogP contribution in [0.2, 0.25) is 10.0 Å². The van der Waals surface area contributed by atoms with Crippen molar-refractivity contribution in [2.45, 2.75) is 36.2 Å². The lowest BCUT2D eigenvalue weighted by molar-refractivity contribution is -0.0912. The number of carbonyl (C=O) groups is 1. The zero-order valence-corrected chi connectivity index (χ0v) is 36.4. The zero-order chi connectivity index (χ0) is 42.3. The normalized spacial score (nSPS) is 17.4. The molecule has 1 aliphatic heterocycles. The van der Waals surface area contributed by atoms with Gasteiger partial charge in [-0.3, -0.25) is 9.36 Å². The van der Waals surface area contributed by atoms with Crippen molar-refractivity contribution in [3.05, 3.63) is 188 Å². The van der Waals surface area contributed by atoms with Crippen molar-refractivity contribution >= 4 is 63.8 Å². The van der Waals surface area contributed by atoms with Crippen molar-refractivity contribution in [1.29, 1.82) is 0 Å². The van der Waals surface area contributed by atoms with Gasteiger partial charge in [-0.15, -0.1) is 0 Å². The molecule has 2 N–H and O–H groups in total. The Morgan fingerprint density at radius 2 is 1.50 bits per heavy atom. The Labute approximate surface area is 366 Å². The molecule has 16 heteroatoms. The second kappa shape index (κ2) is 19.5. The van der Waals surface area contributed by atoms with Crippen LogP contribution < -0.4 is 20.5 Å². The van der Waals surface area contributed by atoms with Crippen LogP contribution in [0, 0.1) is 0 Å². The van der Waals surface area contributed by atoms with Crippen LogP contribution in [0.3, 0.4) is 0 Å². The van der Waals surface area contributed by atoms with E-state index in [1.807, 2.05) is 78.9 Å². The van der Waals surface area contributed by atoms with Gasteiger partial charge in [-0.05, 0) is 88.7 Å². The number of anilines is 1. The lowest BCUT2D eigenvalue weighted by Gasteiger charge is -2.37. The molecule has 0 radical (unpaired) electrons. The molecule has 0 bridgehead atoms. The van der Waals surface area contributed by atoms with Gasteiger partial charge >= 0.3 is 5.69 Å². The van der Waals surface area contributed by atoms with E-state index < -0.39 is 41.3 Å². The zero-order valence-electron chi connectivity index (χ0n) is 32.4. The van der Waals surface area contributed by atoms with Gasteiger partial charge in [-0.2, -0.15) is 4.98 Å². The number of halogens is 2. The largest absolute Gasteiger partial charge is 0.497 e. The summed E-state index contributed by atoms with van der Waals surface area (Å²) in [6.45, 7) is -0.0788. The van der Waals surface area contributed by atoms with Crippen LogP contribution in [-0.4, -0.2) is 53.4 Å². The van der Waals surface area contributed by atoms with E-state index in [9.17, 15) is 14.5 Å². The van der Waals surface area contributed by atoms with Crippen molar-refractivity contribution in [3.63, 3.8) is 0 Å². The standard InChI is InChI=1S/C44H40Cl2N3O8PS2/c1-53-35-19-14-32(15-20-35)44(31-11-7-4-8-12-31,33-16-21-36(54-2)22-17-33)55-27-39-38(57-58(52,59)60-28-30-13-18-34(45)25-37(30)46)26-41(56-39)49-24-23-40(48-43(49)51)47-42(50)29-9-5-3-6-10-29/h3-25,38-39,41H,26-28H2,1-2H3,(H,52,59)(H,47,48,50,51)/t38-,39+,41+,58?/m0/s1. The van der Waals surface area contributed by atoms with Crippen molar-refractivity contribution in [2.24, 2.45) is 0 Å². The van der Waals surface area contributed by atoms with Crippen LogP contribution in [0.25, 0.3) is 0 Å². The summed E-state index contributed by atoms with van der Waals surface area (Å²) < 4.78 is 32.5. The predicted molar refractivity (Wildman–Crippen MR) is 239 cm³/mol. The van der Waals surface area contributed by atoms with E-state index in [0.717, 1.165) is 33.6 Å². The number of nitrogens with one attached hydrogen (secondary N) is 1. The summed E-state index contributed by atoms with van der Waals surface area (Å²) in [4.78, 5) is 42.2. The third-order valence-corrected chi connectivity index (χ3v) is 14.6.